The first-order valence-corrected chi connectivity index (χ1v) is 29.0. The number of aliphatic hydroxyl groups excluding tert-OH is 1. The van der Waals surface area contributed by atoms with Crippen molar-refractivity contribution in [1.29, 1.82) is 0 Å². The van der Waals surface area contributed by atoms with Crippen LogP contribution in [0.25, 0.3) is 11.3 Å². The molecule has 0 amide bonds. The number of carbonyl (C=O) groups excluding carboxylic acids is 3. The number of halogens is 1. The lowest BCUT2D eigenvalue weighted by Crippen LogP contribution is -2.66. The summed E-state index contributed by atoms with van der Waals surface area (Å²) in [5.41, 5.74) is 0.957. The normalized spacial score (nSPS) is 31.7. The zero-order valence-electron chi connectivity index (χ0n) is 44.8. The van der Waals surface area contributed by atoms with E-state index < -0.39 is 91.2 Å². The third kappa shape index (κ3) is 14.0. The Morgan fingerprint density at radius 3 is 2.39 bits per heavy atom. The van der Waals surface area contributed by atoms with Crippen molar-refractivity contribution >= 4 is 50.0 Å². The van der Waals surface area contributed by atoms with Crippen molar-refractivity contribution in [3.63, 3.8) is 0 Å². The van der Waals surface area contributed by atoms with Crippen LogP contribution in [0.4, 0.5) is 0 Å². The van der Waals surface area contributed by atoms with Crippen LogP contribution in [-0.2, 0) is 78.7 Å². The largest absolute Gasteiger partial charge is 0.448 e. The van der Waals surface area contributed by atoms with E-state index in [-0.39, 0.29) is 30.0 Å². The smallest absolute Gasteiger partial charge is 0.317 e. The number of sulfone groups is 1. The van der Waals surface area contributed by atoms with Crippen LogP contribution in [-0.4, -0.2) is 163 Å². The number of aromatic nitrogens is 6. The number of aryl methyl sites for hydroxylation is 3. The van der Waals surface area contributed by atoms with Crippen molar-refractivity contribution in [2.45, 2.75) is 157 Å². The maximum Gasteiger partial charge on any atom is 0.317 e. The number of ether oxygens (including phenoxy) is 5. The molecule has 3 aromatic heterocycles. The molecule has 75 heavy (non-hydrogen) atoms. The molecule has 0 radical (unpaired) electrons. The number of esters is 1. The Balaban J connectivity index is 1.04. The van der Waals surface area contributed by atoms with Crippen molar-refractivity contribution in [2.24, 2.45) is 23.7 Å². The SMILES string of the molecule is CO[C@]1(C)C[C@@H](C)C(=O)[C@H](C)[C@H]2N(CCCCn3cnc(-c4cccnc4)c3)OCO[C@]2(C)[C@@H](I)OC(=O)[C@H](C)C(=O)[C@H](C)[C@H]1O[C@@H]1O[C@H](C)C[C@H](N(C)CCc2cn(CCc3ccc(S(C)(=O)=O)cc3)nn2)[C@H]1O. The summed E-state index contributed by atoms with van der Waals surface area (Å²) in [7, 11) is 0.142. The Morgan fingerprint density at radius 1 is 0.960 bits per heavy atom. The van der Waals surface area contributed by atoms with Crippen molar-refractivity contribution in [3.8, 4) is 11.3 Å². The number of benzene rings is 1. The van der Waals surface area contributed by atoms with E-state index in [2.05, 4.69) is 20.3 Å². The number of rotatable bonds is 17. The molecule has 22 heteroatoms. The maximum absolute atomic E-state index is 14.9. The van der Waals surface area contributed by atoms with E-state index in [1.807, 2.05) is 91.3 Å². The average Bonchev–Trinajstić information content (AvgIpc) is 4.07. The number of aliphatic hydroxyl groups is 1. The molecule has 0 spiro atoms. The number of Topliss-reactive ketones (excluding diaryl/α,β-unsaturated/α-hetero) is 2. The summed E-state index contributed by atoms with van der Waals surface area (Å²) >= 11 is 2.03. The van der Waals surface area contributed by atoms with E-state index in [1.165, 1.54) is 20.3 Å². The number of fused-ring (bicyclic) bond motifs is 1. The van der Waals surface area contributed by atoms with Gasteiger partial charge in [0.15, 0.2) is 32.8 Å². The first-order valence-electron chi connectivity index (χ1n) is 25.8. The number of imidazole rings is 1. The van der Waals surface area contributed by atoms with E-state index in [1.54, 1.807) is 66.6 Å². The molecule has 0 bridgehead atoms. The van der Waals surface area contributed by atoms with Crippen LogP contribution in [0.3, 0.4) is 0 Å². The van der Waals surface area contributed by atoms with Gasteiger partial charge in [0.2, 0.25) is 0 Å². The molecular weight excluding hydrogens is 1100 g/mol. The van der Waals surface area contributed by atoms with E-state index in [9.17, 15) is 27.9 Å². The van der Waals surface area contributed by atoms with Crippen LogP contribution in [0.1, 0.15) is 85.4 Å². The molecule has 0 unspecified atom stereocenters. The van der Waals surface area contributed by atoms with Gasteiger partial charge >= 0.3 is 5.97 Å². The van der Waals surface area contributed by atoms with Crippen LogP contribution in [0.2, 0.25) is 0 Å². The Morgan fingerprint density at radius 2 is 1.69 bits per heavy atom. The highest BCUT2D eigenvalue weighted by Gasteiger charge is 2.56. The van der Waals surface area contributed by atoms with Crippen molar-refractivity contribution in [1.82, 2.24) is 39.5 Å². The zero-order valence-corrected chi connectivity index (χ0v) is 47.8. The highest BCUT2D eigenvalue weighted by Crippen LogP contribution is 2.42. The second kappa shape index (κ2) is 25.1. The molecule has 6 heterocycles. The van der Waals surface area contributed by atoms with Gasteiger partial charge in [-0.15, -0.1) is 5.10 Å². The molecule has 3 aliphatic rings. The third-order valence-corrected chi connectivity index (χ3v) is 18.0. The van der Waals surface area contributed by atoms with Crippen LogP contribution in [0.5, 0.6) is 0 Å². The molecule has 0 saturated carbocycles. The predicted molar refractivity (Wildman–Crippen MR) is 284 cm³/mol. The van der Waals surface area contributed by atoms with Gasteiger partial charge in [0.05, 0.1) is 46.5 Å². The van der Waals surface area contributed by atoms with Crippen molar-refractivity contribution in [3.05, 3.63) is 78.8 Å². The van der Waals surface area contributed by atoms with Gasteiger partial charge in [0, 0.05) is 100 Å². The number of cyclic esters (lactones) is 1. The monoisotopic (exact) mass is 1170 g/mol. The number of unbranched alkanes of at least 4 members (excludes halogenated alkanes) is 1. The lowest BCUT2D eigenvalue weighted by molar-refractivity contribution is -0.356. The van der Waals surface area contributed by atoms with E-state index in [0.717, 1.165) is 28.9 Å². The lowest BCUT2D eigenvalue weighted by Gasteiger charge is -2.51. The lowest BCUT2D eigenvalue weighted by atomic mass is 9.74. The Labute approximate surface area is 454 Å². The summed E-state index contributed by atoms with van der Waals surface area (Å²) in [5, 5.41) is 22.6. The number of nitrogens with zero attached hydrogens (tertiary/aromatic N) is 8. The molecule has 1 aromatic carbocycles. The van der Waals surface area contributed by atoms with Gasteiger partial charge in [0.1, 0.15) is 23.4 Å². The molecule has 1 N–H and O–H groups in total. The maximum atomic E-state index is 14.9. The van der Waals surface area contributed by atoms with E-state index in [4.69, 9.17) is 28.5 Å². The molecule has 3 fully saturated rings. The number of alkyl halides is 1. The average molecular weight is 1180 g/mol. The molecule has 4 aromatic rings. The number of carbonyl (C=O) groups is 3. The minimum atomic E-state index is -3.28. The number of pyridine rings is 1. The summed E-state index contributed by atoms with van der Waals surface area (Å²) in [6, 6.07) is 9.52. The minimum Gasteiger partial charge on any atom is -0.448 e. The Bertz CT molecular complexity index is 2660. The van der Waals surface area contributed by atoms with Gasteiger partial charge in [-0.25, -0.2) is 13.4 Å². The highest BCUT2D eigenvalue weighted by molar-refractivity contribution is 14.1. The predicted octanol–water partition coefficient (Wildman–Crippen LogP) is 5.53. The Hall–Kier alpha value is -4.11. The zero-order chi connectivity index (χ0) is 54.4. The Kier molecular flexibility index (Phi) is 19.6. The second-order valence-corrected chi connectivity index (χ2v) is 24.3. The second-order valence-electron chi connectivity index (χ2n) is 21.1. The van der Waals surface area contributed by atoms with Crippen LogP contribution in [0.15, 0.2) is 72.4 Å². The molecule has 20 nitrogen and oxygen atoms in total. The molecular formula is C53H75IN8O12S. The van der Waals surface area contributed by atoms with Crippen molar-refractivity contribution < 1.29 is 56.4 Å². The van der Waals surface area contributed by atoms with E-state index in [0.29, 0.717) is 51.9 Å². The number of hydrogen-bond acceptors (Lipinski definition) is 18. The van der Waals surface area contributed by atoms with Crippen molar-refractivity contribution in [2.75, 3.05) is 40.3 Å². The van der Waals surface area contributed by atoms with Crippen LogP contribution < -0.4 is 0 Å². The van der Waals surface area contributed by atoms with Gasteiger partial charge in [-0.1, -0.05) is 38.1 Å². The first-order chi connectivity index (χ1) is 35.5. The molecule has 13 atom stereocenters. The standard InChI is InChI=1S/C53H75IN8O12S/c1-33-27-52(6,69-9)48(73-50-46(65)43(26-34(2)72-50)59(8)24-20-40-29-61(58-57-40)25-19-38-15-17-41(18-16-38)75(10,67)68)36(4)45(64)37(5)49(66)74-51(54)53(7)47(35(3)44(33)63)62(71-32-70-53)23-12-11-22-60-30-42(56-31-60)39-14-13-21-55-28-39/h13-18,21,28-31,33-37,43,46-48,50-51,65H,11-12,19-20,22-27,32H2,1-10H3/t33-,34-,35+,36+,37-,43+,46-,47-,48-,50+,51+,52-,53+/m1/s1. The van der Waals surface area contributed by atoms with Crippen LogP contribution in [0, 0.1) is 23.7 Å². The van der Waals surface area contributed by atoms with Gasteiger partial charge in [-0.3, -0.25) is 28.9 Å². The molecule has 3 aliphatic heterocycles. The summed E-state index contributed by atoms with van der Waals surface area (Å²) in [6.45, 7) is 14.5. The fraction of sp³-hybridized carbons (Fsp3) is 0.642. The number of likely N-dealkylation sites (N-methyl/N-ethyl adjacent to an activating group) is 1. The topological polar surface area (TPSA) is 229 Å². The molecule has 7 rings (SSSR count). The number of hydroxylamine groups is 2. The van der Waals surface area contributed by atoms with Gasteiger partial charge in [0.25, 0.3) is 0 Å². The van der Waals surface area contributed by atoms with Gasteiger partial charge < -0.3 is 38.3 Å². The number of ketones is 2. The number of methoxy groups -OCH3 is 1. The van der Waals surface area contributed by atoms with Gasteiger partial charge in [-0.2, -0.15) is 5.06 Å². The van der Waals surface area contributed by atoms with Crippen LogP contribution >= 0.6 is 22.6 Å². The quantitative estimate of drug-likeness (QED) is 0.0450. The first kappa shape index (κ1) is 58.6. The summed E-state index contributed by atoms with van der Waals surface area (Å²) < 4.78 is 58.5. The van der Waals surface area contributed by atoms with Gasteiger partial charge in [-0.05, 0) is 119 Å². The molecule has 0 aliphatic carbocycles. The molecule has 3 saturated heterocycles. The fourth-order valence-corrected chi connectivity index (χ4v) is 12.2. The minimum absolute atomic E-state index is 0.112. The van der Waals surface area contributed by atoms with E-state index >= 15 is 0 Å². The molecule has 412 valence electrons. The summed E-state index contributed by atoms with van der Waals surface area (Å²) in [6.07, 6.45) is 9.76. The number of hydrogen-bond donors (Lipinski definition) is 1. The highest BCUT2D eigenvalue weighted by atomic mass is 127. The fourth-order valence-electron chi connectivity index (χ4n) is 10.8. The third-order valence-electron chi connectivity index (χ3n) is 15.4. The summed E-state index contributed by atoms with van der Waals surface area (Å²) in [5.74, 6) is -4.90. The summed E-state index contributed by atoms with van der Waals surface area (Å²) in [4.78, 5) is 60.9.